The molecular weight excluding hydrogens is 373 g/mol. The van der Waals surface area contributed by atoms with Gasteiger partial charge in [0.25, 0.3) is 0 Å². The van der Waals surface area contributed by atoms with Crippen molar-refractivity contribution in [3.05, 3.63) is 6.92 Å². The molecule has 0 heterocycles. The van der Waals surface area contributed by atoms with E-state index in [2.05, 4.69) is 19.6 Å². The molecule has 0 bridgehead atoms. The quantitative estimate of drug-likeness (QED) is 0.236. The molecule has 0 amide bonds. The van der Waals surface area contributed by atoms with Crippen LogP contribution in [0.3, 0.4) is 0 Å². The first-order valence-corrected chi connectivity index (χ1v) is 6.45. The molecule has 0 atom stereocenters. The first kappa shape index (κ1) is 17.5. The van der Waals surface area contributed by atoms with E-state index in [0.717, 1.165) is 12.2 Å². The van der Waals surface area contributed by atoms with Crippen molar-refractivity contribution in [1.29, 1.82) is 0 Å². The van der Waals surface area contributed by atoms with E-state index < -0.39 is 0 Å². The SMILES string of the molecule is [Au+].[CH2-]CCCCCCCCCCCS. The summed E-state index contributed by atoms with van der Waals surface area (Å²) in [6, 6.07) is 0. The van der Waals surface area contributed by atoms with E-state index in [0.29, 0.717) is 0 Å². The molecule has 0 unspecified atom stereocenters. The Hall–Kier alpha value is 1.09. The van der Waals surface area contributed by atoms with Crippen LogP contribution in [0.2, 0.25) is 0 Å². The van der Waals surface area contributed by atoms with Crippen molar-refractivity contribution in [1.82, 2.24) is 0 Å². The molecule has 0 aromatic carbocycles. The molecular formula is C12H25AuS. The molecule has 0 fully saturated rings. The maximum absolute atomic E-state index is 4.20. The van der Waals surface area contributed by atoms with Crippen LogP contribution in [0.1, 0.15) is 64.2 Å². The predicted octanol–water partition coefficient (Wildman–Crippen LogP) is 4.65. The number of unbranched alkanes of at least 4 members (excludes halogenated alkanes) is 9. The van der Waals surface area contributed by atoms with Crippen molar-refractivity contribution in [3.8, 4) is 0 Å². The van der Waals surface area contributed by atoms with Crippen LogP contribution in [-0.4, -0.2) is 5.75 Å². The minimum Gasteiger partial charge on any atom is -0.343 e. The van der Waals surface area contributed by atoms with Crippen molar-refractivity contribution in [3.63, 3.8) is 0 Å². The Labute approximate surface area is 112 Å². The Morgan fingerprint density at radius 3 is 1.36 bits per heavy atom. The van der Waals surface area contributed by atoms with Crippen LogP contribution in [0, 0.1) is 6.92 Å². The fraction of sp³-hybridized carbons (Fsp3) is 0.917. The average Bonchev–Trinajstić information content (AvgIpc) is 2.16. The van der Waals surface area contributed by atoms with Crippen molar-refractivity contribution in [2.45, 2.75) is 64.2 Å². The van der Waals surface area contributed by atoms with Gasteiger partial charge in [-0.15, -0.1) is 0 Å². The molecule has 0 rings (SSSR count). The van der Waals surface area contributed by atoms with Gasteiger partial charge in [0.05, 0.1) is 0 Å². The number of rotatable bonds is 10. The summed E-state index contributed by atoms with van der Waals surface area (Å²) in [5, 5.41) is 0. The largest absolute Gasteiger partial charge is 1.00 e. The second-order valence-electron chi connectivity index (χ2n) is 3.76. The summed E-state index contributed by atoms with van der Waals surface area (Å²) in [6.45, 7) is 3.85. The number of hydrogen-bond acceptors (Lipinski definition) is 1. The van der Waals surface area contributed by atoms with Gasteiger partial charge >= 0.3 is 22.4 Å². The van der Waals surface area contributed by atoms with E-state index in [9.17, 15) is 0 Å². The molecule has 0 aliphatic carbocycles. The minimum atomic E-state index is 0. The molecule has 0 aliphatic rings. The third kappa shape index (κ3) is 15.6. The normalized spacial score (nSPS) is 9.86. The monoisotopic (exact) mass is 398 g/mol. The van der Waals surface area contributed by atoms with E-state index in [1.807, 2.05) is 0 Å². The van der Waals surface area contributed by atoms with Gasteiger partial charge < -0.3 is 6.92 Å². The van der Waals surface area contributed by atoms with Gasteiger partial charge in [-0.1, -0.05) is 51.4 Å². The van der Waals surface area contributed by atoms with Crippen LogP contribution >= 0.6 is 12.6 Å². The van der Waals surface area contributed by atoms with Crippen LogP contribution < -0.4 is 0 Å². The molecule has 0 saturated carbocycles. The zero-order chi connectivity index (χ0) is 9.78. The summed E-state index contributed by atoms with van der Waals surface area (Å²) in [4.78, 5) is 0. The van der Waals surface area contributed by atoms with Gasteiger partial charge in [-0.3, -0.25) is 0 Å². The Morgan fingerprint density at radius 2 is 1.00 bits per heavy atom. The maximum atomic E-state index is 4.20. The van der Waals surface area contributed by atoms with E-state index in [1.165, 1.54) is 57.8 Å². The van der Waals surface area contributed by atoms with E-state index in [4.69, 9.17) is 0 Å². The second-order valence-corrected chi connectivity index (χ2v) is 4.21. The fourth-order valence-corrected chi connectivity index (χ4v) is 1.75. The van der Waals surface area contributed by atoms with E-state index in [-0.39, 0.29) is 22.4 Å². The summed E-state index contributed by atoms with van der Waals surface area (Å²) in [7, 11) is 0. The average molecular weight is 398 g/mol. The zero-order valence-corrected chi connectivity index (χ0v) is 12.3. The van der Waals surface area contributed by atoms with Crippen LogP contribution in [0.15, 0.2) is 0 Å². The van der Waals surface area contributed by atoms with Gasteiger partial charge in [-0.05, 0) is 12.2 Å². The second kappa shape index (κ2) is 16.5. The van der Waals surface area contributed by atoms with Crippen molar-refractivity contribution >= 4 is 12.6 Å². The molecule has 0 aromatic heterocycles. The zero-order valence-electron chi connectivity index (χ0n) is 9.23. The Bertz CT molecular complexity index is 76.4. The summed E-state index contributed by atoms with van der Waals surface area (Å²) in [5.41, 5.74) is 0. The van der Waals surface area contributed by atoms with Gasteiger partial charge in [-0.25, -0.2) is 0 Å². The first-order valence-electron chi connectivity index (χ1n) is 5.82. The molecule has 0 spiro atoms. The standard InChI is InChI=1S/C12H25S.Au/c1-2-3-4-5-6-7-8-9-10-11-12-13;/h13H,1-12H2;/q-1;+1. The van der Waals surface area contributed by atoms with Crippen molar-refractivity contribution < 1.29 is 22.4 Å². The van der Waals surface area contributed by atoms with Gasteiger partial charge in [-0.2, -0.15) is 19.0 Å². The van der Waals surface area contributed by atoms with Gasteiger partial charge in [0.1, 0.15) is 0 Å². The van der Waals surface area contributed by atoms with Crippen molar-refractivity contribution in [2.75, 3.05) is 5.75 Å². The number of hydrogen-bond donors (Lipinski definition) is 1. The molecule has 14 heavy (non-hydrogen) atoms. The third-order valence-electron chi connectivity index (χ3n) is 2.41. The Morgan fingerprint density at radius 1 is 0.643 bits per heavy atom. The molecule has 2 heteroatoms. The Balaban J connectivity index is 0. The van der Waals surface area contributed by atoms with Crippen LogP contribution in [0.5, 0.6) is 0 Å². The summed E-state index contributed by atoms with van der Waals surface area (Å²) in [6.07, 6.45) is 13.6. The molecule has 0 aromatic rings. The van der Waals surface area contributed by atoms with Gasteiger partial charge in [0.15, 0.2) is 0 Å². The Kier molecular flexibility index (Phi) is 20.6. The van der Waals surface area contributed by atoms with Crippen LogP contribution in [0.4, 0.5) is 0 Å². The molecule has 0 saturated heterocycles. The van der Waals surface area contributed by atoms with Gasteiger partial charge in [0.2, 0.25) is 0 Å². The summed E-state index contributed by atoms with van der Waals surface area (Å²) < 4.78 is 0. The molecule has 90 valence electrons. The van der Waals surface area contributed by atoms with E-state index >= 15 is 0 Å². The third-order valence-corrected chi connectivity index (χ3v) is 2.72. The minimum absolute atomic E-state index is 0. The van der Waals surface area contributed by atoms with Crippen molar-refractivity contribution in [2.24, 2.45) is 0 Å². The predicted molar refractivity (Wildman–Crippen MR) is 65.4 cm³/mol. The van der Waals surface area contributed by atoms with Crippen LogP contribution in [0.25, 0.3) is 0 Å². The van der Waals surface area contributed by atoms with E-state index in [1.54, 1.807) is 0 Å². The van der Waals surface area contributed by atoms with Crippen LogP contribution in [-0.2, 0) is 22.4 Å². The molecule has 0 nitrogen and oxygen atoms in total. The van der Waals surface area contributed by atoms with Gasteiger partial charge in [0, 0.05) is 0 Å². The fourth-order valence-electron chi connectivity index (χ4n) is 1.53. The molecule has 0 aliphatic heterocycles. The topological polar surface area (TPSA) is 0 Å². The smallest absolute Gasteiger partial charge is 0.343 e. The molecule has 0 N–H and O–H groups in total. The maximum Gasteiger partial charge on any atom is 1.00 e. The first-order chi connectivity index (χ1) is 6.41. The summed E-state index contributed by atoms with van der Waals surface area (Å²) in [5.74, 6) is 1.06. The molecule has 0 radical (unpaired) electrons. The summed E-state index contributed by atoms with van der Waals surface area (Å²) >= 11 is 4.20. The number of thiol groups is 1.